The van der Waals surface area contributed by atoms with E-state index in [1.54, 1.807) is 15.3 Å². The van der Waals surface area contributed by atoms with Gasteiger partial charge in [0.25, 0.3) is 0 Å². The molecule has 1 aliphatic rings. The van der Waals surface area contributed by atoms with Crippen molar-refractivity contribution >= 4 is 0 Å². The third-order valence-electron chi connectivity index (χ3n) is 3.03. The molecule has 0 amide bonds. The molecule has 0 aliphatic heterocycles. The minimum atomic E-state index is -0.505. The summed E-state index contributed by atoms with van der Waals surface area (Å²) >= 11 is 0. The fraction of sp³-hybridized carbons (Fsp3) is 0.750. The predicted molar refractivity (Wildman–Crippen MR) is 66.1 cm³/mol. The molecule has 0 aromatic carbocycles. The maximum Gasteiger partial charge on any atom is 0.328 e. The van der Waals surface area contributed by atoms with E-state index in [1.165, 1.54) is 0 Å². The lowest BCUT2D eigenvalue weighted by Gasteiger charge is -2.11. The fourth-order valence-corrected chi connectivity index (χ4v) is 1.93. The van der Waals surface area contributed by atoms with Crippen LogP contribution in [0.5, 0.6) is 0 Å². The van der Waals surface area contributed by atoms with E-state index >= 15 is 0 Å². The van der Waals surface area contributed by atoms with Gasteiger partial charge in [-0.1, -0.05) is 6.92 Å². The number of aromatic nitrogens is 2. The van der Waals surface area contributed by atoms with Gasteiger partial charge in [0.2, 0.25) is 0 Å². The lowest BCUT2D eigenvalue weighted by Crippen LogP contribution is -2.34. The minimum Gasteiger partial charge on any atom is -0.390 e. The van der Waals surface area contributed by atoms with Crippen LogP contribution in [0.15, 0.2) is 17.2 Å². The Morgan fingerprint density at radius 3 is 2.94 bits per heavy atom. The summed E-state index contributed by atoms with van der Waals surface area (Å²) in [5, 5.41) is 12.9. The molecule has 1 atom stereocenters. The molecule has 1 aromatic rings. The number of aliphatic hydroxyl groups is 1. The maximum absolute atomic E-state index is 11.9. The molecule has 1 unspecified atom stereocenters. The molecule has 17 heavy (non-hydrogen) atoms. The number of rotatable bonds is 7. The average molecular weight is 239 g/mol. The van der Waals surface area contributed by atoms with Crippen LogP contribution in [0.2, 0.25) is 0 Å². The molecule has 1 aromatic heterocycles. The molecule has 0 spiro atoms. The van der Waals surface area contributed by atoms with Crippen molar-refractivity contribution in [1.82, 2.24) is 14.5 Å². The number of hydrogen-bond donors (Lipinski definition) is 2. The van der Waals surface area contributed by atoms with Crippen LogP contribution in [0.1, 0.15) is 32.2 Å². The van der Waals surface area contributed by atoms with E-state index < -0.39 is 6.10 Å². The molecule has 1 saturated carbocycles. The molecule has 5 heteroatoms. The van der Waals surface area contributed by atoms with Crippen LogP contribution in [0.3, 0.4) is 0 Å². The number of aliphatic hydroxyl groups excluding tert-OH is 1. The van der Waals surface area contributed by atoms with Gasteiger partial charge in [-0.25, -0.2) is 4.79 Å². The first kappa shape index (κ1) is 12.4. The highest BCUT2D eigenvalue weighted by Gasteiger charge is 2.25. The Morgan fingerprint density at radius 1 is 1.53 bits per heavy atom. The topological polar surface area (TPSA) is 59.2 Å². The van der Waals surface area contributed by atoms with Crippen molar-refractivity contribution in [2.75, 3.05) is 13.1 Å². The van der Waals surface area contributed by atoms with Crippen LogP contribution in [-0.2, 0) is 6.54 Å². The fourth-order valence-electron chi connectivity index (χ4n) is 1.93. The zero-order valence-corrected chi connectivity index (χ0v) is 10.3. The van der Waals surface area contributed by atoms with Crippen LogP contribution in [-0.4, -0.2) is 33.4 Å². The standard InChI is InChI=1S/C12H21N3O2/c1-2-5-13-8-11(16)9-14-6-7-15(12(14)17)10-3-4-10/h6-7,10-11,13,16H,2-5,8-9H2,1H3. The quantitative estimate of drug-likeness (QED) is 0.675. The van der Waals surface area contributed by atoms with Crippen LogP contribution >= 0.6 is 0 Å². The molecule has 2 N–H and O–H groups in total. The summed E-state index contributed by atoms with van der Waals surface area (Å²) in [6, 6.07) is 0.402. The first-order chi connectivity index (χ1) is 8.22. The Labute approximate surface area is 101 Å². The largest absolute Gasteiger partial charge is 0.390 e. The summed E-state index contributed by atoms with van der Waals surface area (Å²) < 4.78 is 3.36. The second-order valence-corrected chi connectivity index (χ2v) is 4.73. The third-order valence-corrected chi connectivity index (χ3v) is 3.03. The second kappa shape index (κ2) is 5.51. The monoisotopic (exact) mass is 239 g/mol. The molecular formula is C12H21N3O2. The van der Waals surface area contributed by atoms with Gasteiger partial charge in [-0.2, -0.15) is 0 Å². The Kier molecular flexibility index (Phi) is 4.02. The molecule has 0 radical (unpaired) electrons. The van der Waals surface area contributed by atoms with Gasteiger partial charge in [0.05, 0.1) is 12.6 Å². The van der Waals surface area contributed by atoms with Gasteiger partial charge in [-0.3, -0.25) is 9.13 Å². The van der Waals surface area contributed by atoms with Gasteiger partial charge < -0.3 is 10.4 Å². The van der Waals surface area contributed by atoms with Crippen molar-refractivity contribution in [3.05, 3.63) is 22.9 Å². The molecular weight excluding hydrogens is 218 g/mol. The van der Waals surface area contributed by atoms with Gasteiger partial charge in [-0.05, 0) is 25.8 Å². The molecule has 2 rings (SSSR count). The van der Waals surface area contributed by atoms with E-state index in [0.717, 1.165) is 25.8 Å². The Morgan fingerprint density at radius 2 is 2.29 bits per heavy atom. The zero-order chi connectivity index (χ0) is 12.3. The summed E-state index contributed by atoms with van der Waals surface area (Å²) in [4.78, 5) is 11.9. The number of nitrogens with one attached hydrogen (secondary N) is 1. The van der Waals surface area contributed by atoms with Gasteiger partial charge in [0.1, 0.15) is 0 Å². The second-order valence-electron chi connectivity index (χ2n) is 4.73. The average Bonchev–Trinajstić information content (AvgIpc) is 3.07. The SMILES string of the molecule is CCCNCC(O)Cn1ccn(C2CC2)c1=O. The highest BCUT2D eigenvalue weighted by atomic mass is 16.3. The maximum atomic E-state index is 11.9. The molecule has 1 fully saturated rings. The number of nitrogens with zero attached hydrogens (tertiary/aromatic N) is 2. The van der Waals surface area contributed by atoms with Crippen molar-refractivity contribution < 1.29 is 5.11 Å². The first-order valence-electron chi connectivity index (χ1n) is 6.38. The van der Waals surface area contributed by atoms with E-state index in [0.29, 0.717) is 19.1 Å². The lowest BCUT2D eigenvalue weighted by atomic mass is 10.3. The van der Waals surface area contributed by atoms with Crippen LogP contribution in [0.25, 0.3) is 0 Å². The van der Waals surface area contributed by atoms with Gasteiger partial charge in [0.15, 0.2) is 0 Å². The van der Waals surface area contributed by atoms with Crippen molar-refractivity contribution in [2.45, 2.75) is 44.9 Å². The van der Waals surface area contributed by atoms with E-state index in [4.69, 9.17) is 0 Å². The molecule has 1 aliphatic carbocycles. The smallest absolute Gasteiger partial charge is 0.328 e. The zero-order valence-electron chi connectivity index (χ0n) is 10.3. The lowest BCUT2D eigenvalue weighted by molar-refractivity contribution is 0.150. The van der Waals surface area contributed by atoms with E-state index in [-0.39, 0.29) is 5.69 Å². The van der Waals surface area contributed by atoms with Crippen LogP contribution in [0, 0.1) is 0 Å². The molecule has 96 valence electrons. The van der Waals surface area contributed by atoms with Crippen molar-refractivity contribution in [1.29, 1.82) is 0 Å². The third kappa shape index (κ3) is 3.20. The molecule has 0 bridgehead atoms. The van der Waals surface area contributed by atoms with Crippen molar-refractivity contribution in [3.8, 4) is 0 Å². The summed E-state index contributed by atoms with van der Waals surface area (Å²) in [6.45, 7) is 3.89. The normalized spacial score (nSPS) is 17.3. The van der Waals surface area contributed by atoms with Crippen molar-refractivity contribution in [2.24, 2.45) is 0 Å². The minimum absolute atomic E-state index is 0.00189. The number of imidazole rings is 1. The predicted octanol–water partition coefficient (Wildman–Crippen LogP) is 0.345. The highest BCUT2D eigenvalue weighted by molar-refractivity contribution is 4.91. The van der Waals surface area contributed by atoms with Crippen molar-refractivity contribution in [3.63, 3.8) is 0 Å². The van der Waals surface area contributed by atoms with Crippen LogP contribution < -0.4 is 11.0 Å². The van der Waals surface area contributed by atoms with E-state index in [9.17, 15) is 9.90 Å². The van der Waals surface area contributed by atoms with Crippen LogP contribution in [0.4, 0.5) is 0 Å². The summed E-state index contributed by atoms with van der Waals surface area (Å²) in [5.41, 5.74) is 0.00189. The summed E-state index contributed by atoms with van der Waals surface area (Å²) in [5.74, 6) is 0. The highest BCUT2D eigenvalue weighted by Crippen LogP contribution is 2.33. The Bertz CT molecular complexity index is 406. The van der Waals surface area contributed by atoms with E-state index in [2.05, 4.69) is 12.2 Å². The molecule has 0 saturated heterocycles. The Hall–Kier alpha value is -1.07. The summed E-state index contributed by atoms with van der Waals surface area (Å²) in [6.07, 6.45) is 6.34. The van der Waals surface area contributed by atoms with Gasteiger partial charge in [-0.15, -0.1) is 0 Å². The Balaban J connectivity index is 1.87. The molecule has 5 nitrogen and oxygen atoms in total. The van der Waals surface area contributed by atoms with Gasteiger partial charge >= 0.3 is 5.69 Å². The first-order valence-corrected chi connectivity index (χ1v) is 6.38. The summed E-state index contributed by atoms with van der Waals surface area (Å²) in [7, 11) is 0. The van der Waals surface area contributed by atoms with Gasteiger partial charge in [0, 0.05) is 25.0 Å². The molecule has 1 heterocycles. The van der Waals surface area contributed by atoms with E-state index in [1.807, 2.05) is 6.20 Å². The number of hydrogen-bond acceptors (Lipinski definition) is 3.